The van der Waals surface area contributed by atoms with Crippen LogP contribution in [0.25, 0.3) is 11.1 Å². The standard InChI is InChI=1S/C47H69N9O16S2/c1-43(2,3)67-38(59)33(71-53-34(32-28-73-39(50-32)52-42(62)70-46(10,11)12)36(57)51-35-37(58)56(47(35,13)14)72-74(63,64)65)27-66-31-19-17-29(18-20-31)30-25-54(23-15-21-48-40(60)68-44(4,5)6)55(26-30)24-16-22-49-41(61)69-45(7,8)9/h17-20,25-26,28,33,35H,15-16,21-24,27H2,1-14H3,(H4-,48,49,50,51,52,57,60,61,62,63,64,65)/p+1/b53-34-/t33-,35+/m0/s1. The summed E-state index contributed by atoms with van der Waals surface area (Å²) in [6.07, 6.45) is 1.57. The van der Waals surface area contributed by atoms with Crippen molar-refractivity contribution in [3.8, 4) is 16.9 Å². The van der Waals surface area contributed by atoms with Crippen molar-refractivity contribution in [1.29, 1.82) is 0 Å². The van der Waals surface area contributed by atoms with Crippen LogP contribution in [-0.2, 0) is 65.9 Å². The van der Waals surface area contributed by atoms with Gasteiger partial charge < -0.3 is 44.5 Å². The molecule has 2 aromatic heterocycles. The van der Waals surface area contributed by atoms with Crippen LogP contribution in [0, 0.1) is 0 Å². The number of esters is 1. The molecular formula is C47H70N9O16S2+. The highest BCUT2D eigenvalue weighted by Crippen LogP contribution is 2.33. The van der Waals surface area contributed by atoms with Crippen LogP contribution in [0.15, 0.2) is 47.2 Å². The van der Waals surface area contributed by atoms with E-state index < -0.39 is 98.9 Å². The third-order valence-corrected chi connectivity index (χ3v) is 10.7. The van der Waals surface area contributed by atoms with Crippen LogP contribution in [0.5, 0.6) is 5.75 Å². The Morgan fingerprint density at radius 2 is 1.38 bits per heavy atom. The number of aromatic nitrogens is 3. The molecule has 0 saturated carbocycles. The number of hydroxylamine groups is 2. The van der Waals surface area contributed by atoms with Crippen molar-refractivity contribution in [3.05, 3.63) is 47.7 Å². The van der Waals surface area contributed by atoms with Gasteiger partial charge in [0.05, 0.1) is 23.8 Å². The number of aryl methyl sites for hydroxylation is 2. The van der Waals surface area contributed by atoms with E-state index >= 15 is 0 Å². The molecule has 74 heavy (non-hydrogen) atoms. The molecule has 27 heteroatoms. The lowest BCUT2D eigenvalue weighted by atomic mass is 9.84. The minimum absolute atomic E-state index is 0.0235. The molecule has 5 N–H and O–H groups in total. The molecule has 1 fully saturated rings. The second-order valence-corrected chi connectivity index (χ2v) is 23.2. The summed E-state index contributed by atoms with van der Waals surface area (Å²) in [7, 11) is -5.11. The average molecular weight is 1080 g/mol. The number of carbonyl (C=O) groups excluding carboxylic acids is 6. The van der Waals surface area contributed by atoms with Gasteiger partial charge in [-0.15, -0.1) is 20.3 Å². The van der Waals surface area contributed by atoms with Crippen LogP contribution >= 0.6 is 11.3 Å². The van der Waals surface area contributed by atoms with Gasteiger partial charge in [0.25, 0.3) is 17.9 Å². The van der Waals surface area contributed by atoms with E-state index in [-0.39, 0.29) is 10.8 Å². The highest BCUT2D eigenvalue weighted by atomic mass is 32.3. The average Bonchev–Trinajstić information content (AvgIpc) is 3.87. The monoisotopic (exact) mass is 1080 g/mol. The quantitative estimate of drug-likeness (QED) is 0.0130. The summed E-state index contributed by atoms with van der Waals surface area (Å²) in [6.45, 7) is 24.6. The van der Waals surface area contributed by atoms with Gasteiger partial charge in [-0.1, -0.05) is 17.3 Å². The molecule has 0 unspecified atom stereocenters. The van der Waals surface area contributed by atoms with E-state index in [2.05, 4.69) is 35.7 Å². The Morgan fingerprint density at radius 1 is 0.824 bits per heavy atom. The molecule has 0 spiro atoms. The van der Waals surface area contributed by atoms with Crippen molar-refractivity contribution < 1.29 is 79.2 Å². The first-order chi connectivity index (χ1) is 34.0. The zero-order valence-corrected chi connectivity index (χ0v) is 45.9. The van der Waals surface area contributed by atoms with Crippen molar-refractivity contribution >= 4 is 68.6 Å². The van der Waals surface area contributed by atoms with E-state index in [1.54, 1.807) is 107 Å². The molecular weight excluding hydrogens is 1010 g/mol. The SMILES string of the molecule is CC(C)(C)OC(=O)NCCCn1cc(-c2ccc(OC[C@H](O/N=C(\C(=O)N[C@@H]3C(=O)N(OS(=O)(=O)O)C3(C)C)c3csc(NC(=O)OC(C)(C)C)n3)C(=O)OC(C)(C)C)cc2)c[n+]1CCCNC(=O)OC(C)(C)C. The maximum atomic E-state index is 14.0. The van der Waals surface area contributed by atoms with Crippen molar-refractivity contribution in [2.45, 2.75) is 163 Å². The number of thiazole rings is 1. The van der Waals surface area contributed by atoms with Crippen molar-refractivity contribution in [2.24, 2.45) is 5.16 Å². The fourth-order valence-electron chi connectivity index (χ4n) is 6.52. The number of amides is 5. The molecule has 3 heterocycles. The normalized spacial score (nSPS) is 15.5. The number of carbonyl (C=O) groups is 6. The Labute approximate surface area is 434 Å². The number of anilines is 1. The van der Waals surface area contributed by atoms with Crippen molar-refractivity contribution in [1.82, 2.24) is 30.7 Å². The second-order valence-electron chi connectivity index (χ2n) is 21.4. The molecule has 5 amide bonds. The van der Waals surface area contributed by atoms with E-state index in [0.29, 0.717) is 49.8 Å². The number of ether oxygens (including phenoxy) is 5. The molecule has 0 bridgehead atoms. The minimum Gasteiger partial charge on any atom is -0.489 e. The summed E-state index contributed by atoms with van der Waals surface area (Å²) in [5, 5.41) is 16.1. The first kappa shape index (κ1) is 60.0. The Morgan fingerprint density at radius 3 is 1.92 bits per heavy atom. The number of oxime groups is 1. The Kier molecular flexibility index (Phi) is 19.6. The predicted molar refractivity (Wildman–Crippen MR) is 268 cm³/mol. The molecule has 1 aromatic carbocycles. The fourth-order valence-corrected chi connectivity index (χ4v) is 7.66. The van der Waals surface area contributed by atoms with E-state index in [1.807, 2.05) is 21.8 Å². The molecule has 1 saturated heterocycles. The third-order valence-electron chi connectivity index (χ3n) is 9.59. The number of hydrogen-bond acceptors (Lipinski definition) is 18. The summed E-state index contributed by atoms with van der Waals surface area (Å²) < 4.78 is 68.1. The number of benzene rings is 1. The summed E-state index contributed by atoms with van der Waals surface area (Å²) in [5.74, 6) is -2.74. The molecule has 2 atom stereocenters. The third kappa shape index (κ3) is 19.7. The van der Waals surface area contributed by atoms with Crippen molar-refractivity contribution in [3.63, 3.8) is 0 Å². The molecule has 0 aliphatic carbocycles. The Bertz CT molecular complexity index is 2570. The van der Waals surface area contributed by atoms with Gasteiger partial charge in [-0.2, -0.15) is 18.2 Å². The minimum atomic E-state index is -5.11. The number of nitrogens with one attached hydrogen (secondary N) is 4. The molecule has 0 radical (unpaired) electrons. The smallest absolute Gasteiger partial charge is 0.418 e. The first-order valence-electron chi connectivity index (χ1n) is 23.5. The van der Waals surface area contributed by atoms with E-state index in [9.17, 15) is 41.7 Å². The fraction of sp³-hybridized carbons (Fsp3) is 0.596. The largest absolute Gasteiger partial charge is 0.489 e. The molecule has 25 nitrogen and oxygen atoms in total. The van der Waals surface area contributed by atoms with Crippen LogP contribution in [0.4, 0.5) is 19.5 Å². The van der Waals surface area contributed by atoms with Gasteiger partial charge in [0, 0.05) is 24.9 Å². The van der Waals surface area contributed by atoms with E-state index in [1.165, 1.54) is 19.2 Å². The summed E-state index contributed by atoms with van der Waals surface area (Å²) >= 11 is 0.882. The van der Waals surface area contributed by atoms with Gasteiger partial charge in [-0.25, -0.2) is 24.2 Å². The number of β-lactam (4-membered cyclic amide) rings is 1. The summed E-state index contributed by atoms with van der Waals surface area (Å²) in [6, 6.07) is 5.52. The Balaban J connectivity index is 1.57. The van der Waals surface area contributed by atoms with Gasteiger partial charge >= 0.3 is 34.6 Å². The topological polar surface area (TPSA) is 307 Å². The zero-order chi connectivity index (χ0) is 55.6. The Hall–Kier alpha value is -6.58. The number of alkyl carbamates (subject to hydrolysis) is 2. The van der Waals surface area contributed by atoms with Gasteiger partial charge in [-0.05, 0) is 121 Å². The highest BCUT2D eigenvalue weighted by Gasteiger charge is 2.58. The zero-order valence-electron chi connectivity index (χ0n) is 44.3. The second kappa shape index (κ2) is 24.2. The highest BCUT2D eigenvalue weighted by molar-refractivity contribution is 7.80. The number of nitrogens with zero attached hydrogens (tertiary/aromatic N) is 5. The van der Waals surface area contributed by atoms with Crippen LogP contribution in [-0.4, -0.2) is 129 Å². The molecule has 1 aliphatic rings. The molecule has 1 aliphatic heterocycles. The van der Waals surface area contributed by atoms with Crippen LogP contribution in [0.3, 0.4) is 0 Å². The number of rotatable bonds is 21. The lowest BCUT2D eigenvalue weighted by Gasteiger charge is -2.50. The van der Waals surface area contributed by atoms with Crippen LogP contribution < -0.4 is 30.7 Å². The van der Waals surface area contributed by atoms with Crippen LogP contribution in [0.1, 0.15) is 115 Å². The lowest BCUT2D eigenvalue weighted by molar-refractivity contribution is -0.775. The van der Waals surface area contributed by atoms with Crippen molar-refractivity contribution in [2.75, 3.05) is 25.0 Å². The molecule has 3 aromatic rings. The van der Waals surface area contributed by atoms with Gasteiger partial charge in [-0.3, -0.25) is 19.5 Å². The summed E-state index contributed by atoms with van der Waals surface area (Å²) in [4.78, 5) is 87.6. The van der Waals surface area contributed by atoms with Gasteiger partial charge in [0.1, 0.15) is 46.5 Å². The molecule has 4 rings (SSSR count). The lowest BCUT2D eigenvalue weighted by Crippen LogP contribution is -2.76. The van der Waals surface area contributed by atoms with Gasteiger partial charge in [0.15, 0.2) is 17.4 Å². The van der Waals surface area contributed by atoms with Gasteiger partial charge in [0.2, 0.25) is 6.20 Å². The van der Waals surface area contributed by atoms with E-state index in [0.717, 1.165) is 22.5 Å². The maximum absolute atomic E-state index is 14.0. The molecule has 410 valence electrons. The van der Waals surface area contributed by atoms with Crippen LogP contribution in [0.2, 0.25) is 0 Å². The summed E-state index contributed by atoms with van der Waals surface area (Å²) in [5.41, 5.74) is -3.79. The number of hydrogen-bond donors (Lipinski definition) is 5. The van der Waals surface area contributed by atoms with E-state index in [4.69, 9.17) is 28.5 Å². The predicted octanol–water partition coefficient (Wildman–Crippen LogP) is 5.43. The maximum Gasteiger partial charge on any atom is 0.418 e. The first-order valence-corrected chi connectivity index (χ1v) is 25.7.